The van der Waals surface area contributed by atoms with E-state index >= 15 is 0 Å². The van der Waals surface area contributed by atoms with Gasteiger partial charge in [0.15, 0.2) is 0 Å². The lowest BCUT2D eigenvalue weighted by Crippen LogP contribution is -1.99. The molecule has 0 saturated heterocycles. The highest BCUT2D eigenvalue weighted by Gasteiger charge is 2.09. The van der Waals surface area contributed by atoms with Gasteiger partial charge in [0.2, 0.25) is 0 Å². The maximum Gasteiger partial charge on any atom is 0.129 e. The molecule has 0 radical (unpaired) electrons. The Hall–Kier alpha value is -1.24. The average Bonchev–Trinajstić information content (AvgIpc) is 2.97. The van der Waals surface area contributed by atoms with Crippen molar-refractivity contribution in [1.82, 2.24) is 13.7 Å². The van der Waals surface area contributed by atoms with Gasteiger partial charge in [0.1, 0.15) is 11.0 Å². The molecule has 4 nitrogen and oxygen atoms in total. The van der Waals surface area contributed by atoms with Gasteiger partial charge in [0.05, 0.1) is 34.5 Å². The Morgan fingerprint density at radius 1 is 1.29 bits per heavy atom. The number of anilines is 1. The molecular weight excluding hydrogens is 276 g/mol. The van der Waals surface area contributed by atoms with E-state index in [1.54, 1.807) is 11.3 Å². The quantitative estimate of drug-likeness (QED) is 0.800. The van der Waals surface area contributed by atoms with Crippen molar-refractivity contribution in [1.29, 1.82) is 0 Å². The number of hydrogen-bond acceptors (Lipinski definition) is 6. The van der Waals surface area contributed by atoms with E-state index in [0.29, 0.717) is 11.6 Å². The number of halogens is 1. The molecule has 17 heavy (non-hydrogen) atoms. The monoisotopic (exact) mass is 282 g/mol. The Balaban J connectivity index is 1.93. The van der Waals surface area contributed by atoms with E-state index < -0.39 is 0 Å². The summed E-state index contributed by atoms with van der Waals surface area (Å²) in [6.45, 7) is 0.695. The van der Waals surface area contributed by atoms with Crippen LogP contribution in [-0.4, -0.2) is 13.7 Å². The molecule has 0 amide bonds. The third kappa shape index (κ3) is 2.11. The minimum atomic E-state index is 0.662. The van der Waals surface area contributed by atoms with Gasteiger partial charge >= 0.3 is 0 Å². The van der Waals surface area contributed by atoms with Crippen molar-refractivity contribution in [3.8, 4) is 0 Å². The van der Waals surface area contributed by atoms with E-state index in [4.69, 9.17) is 11.6 Å². The van der Waals surface area contributed by atoms with Crippen LogP contribution in [-0.2, 0) is 6.54 Å². The summed E-state index contributed by atoms with van der Waals surface area (Å²) < 4.78 is 8.44. The molecule has 86 valence electrons. The summed E-state index contributed by atoms with van der Waals surface area (Å²) in [7, 11) is 0. The van der Waals surface area contributed by atoms with Gasteiger partial charge in [0, 0.05) is 11.1 Å². The topological polar surface area (TPSA) is 50.7 Å². The lowest BCUT2D eigenvalue weighted by Gasteiger charge is -2.06. The molecule has 2 heterocycles. The Bertz CT molecular complexity index is 635. The van der Waals surface area contributed by atoms with Crippen LogP contribution in [0.2, 0.25) is 5.02 Å². The molecule has 1 N–H and O–H groups in total. The minimum absolute atomic E-state index is 0.662. The van der Waals surface area contributed by atoms with Gasteiger partial charge in [-0.1, -0.05) is 11.6 Å². The number of hydrogen-bond donors (Lipinski definition) is 1. The Labute approximate surface area is 111 Å². The Morgan fingerprint density at radius 2 is 2.24 bits per heavy atom. The van der Waals surface area contributed by atoms with Crippen molar-refractivity contribution >= 4 is 51.4 Å². The molecule has 0 bridgehead atoms. The fourth-order valence-electron chi connectivity index (χ4n) is 1.50. The fraction of sp³-hybridized carbons (Fsp3) is 0.100. The first kappa shape index (κ1) is 10.9. The van der Waals surface area contributed by atoms with Gasteiger partial charge in [-0.25, -0.2) is 0 Å². The van der Waals surface area contributed by atoms with Crippen LogP contribution in [0.25, 0.3) is 11.0 Å². The number of rotatable bonds is 3. The van der Waals surface area contributed by atoms with Crippen LogP contribution in [0.4, 0.5) is 5.69 Å². The summed E-state index contributed by atoms with van der Waals surface area (Å²) in [6.07, 6.45) is 1.84. The number of nitrogens with one attached hydrogen (secondary N) is 1. The van der Waals surface area contributed by atoms with Crippen molar-refractivity contribution in [2.45, 2.75) is 6.54 Å². The zero-order valence-electron chi connectivity index (χ0n) is 8.55. The smallest absolute Gasteiger partial charge is 0.129 e. The van der Waals surface area contributed by atoms with Gasteiger partial charge in [-0.15, -0.1) is 11.3 Å². The average molecular weight is 283 g/mol. The Kier molecular flexibility index (Phi) is 2.92. The molecule has 7 heteroatoms. The molecule has 1 aromatic carbocycles. The van der Waals surface area contributed by atoms with Gasteiger partial charge in [0.25, 0.3) is 0 Å². The standard InChI is InChI=1S/C10H7ClN4S2/c11-7-1-2-8-10(15-17-14-8)9(7)13-4-6-3-12-5-16-6/h1-3,5,13H,4H2. The number of fused-ring (bicyclic) bond motifs is 1. The van der Waals surface area contributed by atoms with Crippen LogP contribution in [0.15, 0.2) is 23.8 Å². The third-order valence-corrected chi connectivity index (χ3v) is 3.94. The van der Waals surface area contributed by atoms with Gasteiger partial charge < -0.3 is 5.32 Å². The summed E-state index contributed by atoms with van der Waals surface area (Å²) in [4.78, 5) is 5.18. The maximum absolute atomic E-state index is 6.16. The molecule has 3 aromatic rings. The number of aromatic nitrogens is 3. The predicted molar refractivity (Wildman–Crippen MR) is 71.9 cm³/mol. The molecule has 0 aliphatic rings. The van der Waals surface area contributed by atoms with Crippen molar-refractivity contribution in [3.63, 3.8) is 0 Å². The van der Waals surface area contributed by atoms with E-state index in [9.17, 15) is 0 Å². The lowest BCUT2D eigenvalue weighted by molar-refractivity contribution is 1.18. The maximum atomic E-state index is 6.16. The highest BCUT2D eigenvalue weighted by Crippen LogP contribution is 2.30. The SMILES string of the molecule is Clc1ccc2nsnc2c1NCc1cncs1. The summed E-state index contributed by atoms with van der Waals surface area (Å²) in [5, 5.41) is 3.95. The number of nitrogens with zero attached hydrogens (tertiary/aromatic N) is 3. The predicted octanol–water partition coefficient (Wildman–Crippen LogP) is 3.41. The molecule has 0 aliphatic heterocycles. The summed E-state index contributed by atoms with van der Waals surface area (Å²) in [5.41, 5.74) is 4.34. The van der Waals surface area contributed by atoms with E-state index in [1.165, 1.54) is 11.7 Å². The van der Waals surface area contributed by atoms with Gasteiger partial charge in [-0.2, -0.15) is 8.75 Å². The molecule has 2 aromatic heterocycles. The molecule has 0 aliphatic carbocycles. The van der Waals surface area contributed by atoms with Crippen LogP contribution < -0.4 is 5.32 Å². The fourth-order valence-corrected chi connectivity index (χ4v) is 2.80. The zero-order valence-corrected chi connectivity index (χ0v) is 10.9. The number of thiazole rings is 1. The van der Waals surface area contributed by atoms with Crippen molar-refractivity contribution < 1.29 is 0 Å². The van der Waals surface area contributed by atoms with Crippen LogP contribution in [0.3, 0.4) is 0 Å². The first-order valence-electron chi connectivity index (χ1n) is 4.86. The zero-order chi connectivity index (χ0) is 11.7. The molecule has 0 saturated carbocycles. The van der Waals surface area contributed by atoms with E-state index in [2.05, 4.69) is 19.0 Å². The van der Waals surface area contributed by atoms with Crippen LogP contribution in [0, 0.1) is 0 Å². The Morgan fingerprint density at radius 3 is 3.06 bits per heavy atom. The van der Waals surface area contributed by atoms with Crippen LogP contribution in [0.1, 0.15) is 4.88 Å². The first-order valence-corrected chi connectivity index (χ1v) is 6.85. The van der Waals surface area contributed by atoms with Crippen molar-refractivity contribution in [3.05, 3.63) is 33.7 Å². The highest BCUT2D eigenvalue weighted by molar-refractivity contribution is 7.09. The van der Waals surface area contributed by atoms with E-state index in [1.807, 2.05) is 23.8 Å². The largest absolute Gasteiger partial charge is 0.377 e. The second kappa shape index (κ2) is 4.56. The minimum Gasteiger partial charge on any atom is -0.377 e. The van der Waals surface area contributed by atoms with Gasteiger partial charge in [-0.3, -0.25) is 4.98 Å². The third-order valence-electron chi connectivity index (χ3n) is 2.30. The molecule has 0 atom stereocenters. The first-order chi connectivity index (χ1) is 8.34. The second-order valence-electron chi connectivity index (χ2n) is 3.38. The van der Waals surface area contributed by atoms with Crippen molar-refractivity contribution in [2.24, 2.45) is 0 Å². The molecular formula is C10H7ClN4S2. The van der Waals surface area contributed by atoms with Crippen LogP contribution in [0.5, 0.6) is 0 Å². The molecule has 0 spiro atoms. The highest BCUT2D eigenvalue weighted by atomic mass is 35.5. The number of benzene rings is 1. The van der Waals surface area contributed by atoms with Crippen LogP contribution >= 0.6 is 34.7 Å². The van der Waals surface area contributed by atoms with E-state index in [0.717, 1.165) is 21.6 Å². The summed E-state index contributed by atoms with van der Waals surface area (Å²) in [6, 6.07) is 3.71. The molecule has 0 fully saturated rings. The van der Waals surface area contributed by atoms with E-state index in [-0.39, 0.29) is 0 Å². The molecule has 3 rings (SSSR count). The molecule has 0 unspecified atom stereocenters. The van der Waals surface area contributed by atoms with Crippen molar-refractivity contribution in [2.75, 3.05) is 5.32 Å². The normalized spacial score (nSPS) is 10.9. The van der Waals surface area contributed by atoms with Gasteiger partial charge in [-0.05, 0) is 12.1 Å². The summed E-state index contributed by atoms with van der Waals surface area (Å²) in [5.74, 6) is 0. The second-order valence-corrected chi connectivity index (χ2v) is 5.28. The summed E-state index contributed by atoms with van der Waals surface area (Å²) >= 11 is 8.96. The lowest BCUT2D eigenvalue weighted by atomic mass is 10.2.